The molecule has 0 aromatic heterocycles. The van der Waals surface area contributed by atoms with Crippen LogP contribution in [-0.2, 0) is 4.74 Å². The Labute approximate surface area is 141 Å². The number of hydrogen-bond donors (Lipinski definition) is 0. The Kier molecular flexibility index (Phi) is 5.88. The van der Waals surface area contributed by atoms with Crippen LogP contribution in [0.3, 0.4) is 0 Å². The summed E-state index contributed by atoms with van der Waals surface area (Å²) in [5, 5.41) is 0.380. The van der Waals surface area contributed by atoms with Gasteiger partial charge >= 0.3 is 6.16 Å². The molecule has 5 heteroatoms. The molecule has 0 saturated heterocycles. The topological polar surface area (TPSA) is 38.8 Å². The lowest BCUT2D eigenvalue weighted by Gasteiger charge is -2.29. The van der Waals surface area contributed by atoms with Gasteiger partial charge in [-0.15, -0.1) is 0 Å². The van der Waals surface area contributed by atoms with Crippen LogP contribution in [0.4, 0.5) is 10.5 Å². The number of aryl methyl sites for hydroxylation is 1. The third-order valence-corrected chi connectivity index (χ3v) is 3.78. The minimum Gasteiger partial charge on any atom is -0.410 e. The summed E-state index contributed by atoms with van der Waals surface area (Å²) < 4.78 is 10.6. The molecule has 2 aromatic rings. The number of nitrogens with zero attached hydrogens (tertiary/aromatic N) is 1. The van der Waals surface area contributed by atoms with Crippen LogP contribution in [0.1, 0.15) is 19.4 Å². The maximum Gasteiger partial charge on any atom is 0.515 e. The van der Waals surface area contributed by atoms with E-state index in [9.17, 15) is 4.79 Å². The molecule has 0 N–H and O–H groups in total. The fraction of sp³-hybridized carbons (Fsp3) is 0.278. The molecule has 2 aromatic carbocycles. The smallest absolute Gasteiger partial charge is 0.410 e. The molecule has 0 saturated carbocycles. The van der Waals surface area contributed by atoms with Gasteiger partial charge in [0, 0.05) is 12.2 Å². The number of ether oxygens (including phenoxy) is 2. The van der Waals surface area contributed by atoms with Crippen molar-refractivity contribution in [2.45, 2.75) is 27.0 Å². The van der Waals surface area contributed by atoms with E-state index in [0.29, 0.717) is 17.3 Å². The van der Waals surface area contributed by atoms with Crippen molar-refractivity contribution >= 4 is 23.4 Å². The molecular weight excluding hydrogens is 314 g/mol. The van der Waals surface area contributed by atoms with Crippen molar-refractivity contribution < 1.29 is 14.3 Å². The van der Waals surface area contributed by atoms with Gasteiger partial charge in [0.1, 0.15) is 0 Å². The van der Waals surface area contributed by atoms with E-state index in [4.69, 9.17) is 21.1 Å². The first kappa shape index (κ1) is 17.2. The molecule has 0 aliphatic rings. The van der Waals surface area contributed by atoms with Crippen molar-refractivity contribution in [1.29, 1.82) is 0 Å². The highest BCUT2D eigenvalue weighted by atomic mass is 35.5. The van der Waals surface area contributed by atoms with E-state index in [1.165, 1.54) is 0 Å². The second kappa shape index (κ2) is 7.88. The van der Waals surface area contributed by atoms with Gasteiger partial charge in [0.2, 0.25) is 0 Å². The van der Waals surface area contributed by atoms with E-state index >= 15 is 0 Å². The van der Waals surface area contributed by atoms with Crippen molar-refractivity contribution in [2.24, 2.45) is 0 Å². The normalized spacial score (nSPS) is 11.7. The van der Waals surface area contributed by atoms with E-state index < -0.39 is 12.4 Å². The quantitative estimate of drug-likeness (QED) is 0.436. The molecular formula is C18H20ClNO3. The largest absolute Gasteiger partial charge is 0.515 e. The Morgan fingerprint density at radius 1 is 1.17 bits per heavy atom. The summed E-state index contributed by atoms with van der Waals surface area (Å²) in [6, 6.07) is 15.0. The number of rotatable bonds is 5. The lowest BCUT2D eigenvalue weighted by molar-refractivity contribution is 0.0644. The third-order valence-electron chi connectivity index (χ3n) is 3.48. The van der Waals surface area contributed by atoms with Crippen molar-refractivity contribution in [3.8, 4) is 5.75 Å². The molecule has 1 unspecified atom stereocenters. The minimum absolute atomic E-state index is 0.328. The van der Waals surface area contributed by atoms with Gasteiger partial charge in [0.05, 0.1) is 5.02 Å². The van der Waals surface area contributed by atoms with E-state index in [1.807, 2.05) is 55.1 Å². The van der Waals surface area contributed by atoms with E-state index in [0.717, 1.165) is 11.3 Å². The Morgan fingerprint density at radius 2 is 1.87 bits per heavy atom. The second-order valence-electron chi connectivity index (χ2n) is 5.08. The average molecular weight is 334 g/mol. The number of carbonyl (C=O) groups is 1. The van der Waals surface area contributed by atoms with Crippen LogP contribution in [0, 0.1) is 6.92 Å². The monoisotopic (exact) mass is 333 g/mol. The average Bonchev–Trinajstić information content (AvgIpc) is 2.53. The first-order chi connectivity index (χ1) is 11.0. The van der Waals surface area contributed by atoms with Crippen LogP contribution in [0.15, 0.2) is 48.5 Å². The van der Waals surface area contributed by atoms with Crippen LogP contribution in [0.5, 0.6) is 5.75 Å². The Hall–Kier alpha value is -2.20. The number of hydrogen-bond acceptors (Lipinski definition) is 4. The maximum atomic E-state index is 12.0. The highest BCUT2D eigenvalue weighted by Gasteiger charge is 2.19. The fourth-order valence-corrected chi connectivity index (χ4v) is 2.59. The van der Waals surface area contributed by atoms with Crippen LogP contribution in [0.2, 0.25) is 5.02 Å². The minimum atomic E-state index is -0.775. The molecule has 1 atom stereocenters. The number of anilines is 1. The van der Waals surface area contributed by atoms with Gasteiger partial charge in [-0.3, -0.25) is 0 Å². The summed E-state index contributed by atoms with van der Waals surface area (Å²) in [6.45, 7) is 6.32. The molecule has 122 valence electrons. The molecule has 0 spiro atoms. The lowest BCUT2D eigenvalue weighted by atomic mass is 10.2. The third kappa shape index (κ3) is 4.39. The van der Waals surface area contributed by atoms with Gasteiger partial charge in [0.25, 0.3) is 0 Å². The zero-order valence-corrected chi connectivity index (χ0v) is 14.2. The van der Waals surface area contributed by atoms with Gasteiger partial charge in [-0.05, 0) is 44.5 Å². The number of carbonyl (C=O) groups excluding carboxylic acids is 1. The van der Waals surface area contributed by atoms with E-state index in [1.54, 1.807) is 19.1 Å². The summed E-state index contributed by atoms with van der Waals surface area (Å²) in [5.41, 5.74) is 1.75. The zero-order chi connectivity index (χ0) is 16.8. The summed E-state index contributed by atoms with van der Waals surface area (Å²) in [4.78, 5) is 14.0. The predicted octanol–water partition coefficient (Wildman–Crippen LogP) is 5.04. The van der Waals surface area contributed by atoms with Gasteiger partial charge in [0.15, 0.2) is 12.0 Å². The zero-order valence-electron chi connectivity index (χ0n) is 13.5. The van der Waals surface area contributed by atoms with Gasteiger partial charge in [-0.1, -0.05) is 41.9 Å². The van der Waals surface area contributed by atoms with Crippen LogP contribution < -0.4 is 9.64 Å². The molecule has 0 aliphatic heterocycles. The molecule has 0 bridgehead atoms. The molecule has 2 rings (SSSR count). The van der Waals surface area contributed by atoms with Crippen molar-refractivity contribution in [1.82, 2.24) is 0 Å². The SMILES string of the molecule is CCN(c1ccccc1)C(C)OC(=O)Oc1c(C)cccc1Cl. The first-order valence-electron chi connectivity index (χ1n) is 7.48. The maximum absolute atomic E-state index is 12.0. The summed E-state index contributed by atoms with van der Waals surface area (Å²) in [5.74, 6) is 0.328. The lowest BCUT2D eigenvalue weighted by Crippen LogP contribution is -2.37. The molecule has 0 heterocycles. The van der Waals surface area contributed by atoms with Gasteiger partial charge in [-0.2, -0.15) is 0 Å². The summed E-state index contributed by atoms with van der Waals surface area (Å²) in [7, 11) is 0. The second-order valence-corrected chi connectivity index (χ2v) is 5.48. The van der Waals surface area contributed by atoms with Crippen molar-refractivity contribution in [3.63, 3.8) is 0 Å². The summed E-state index contributed by atoms with van der Waals surface area (Å²) >= 11 is 6.05. The summed E-state index contributed by atoms with van der Waals surface area (Å²) in [6.07, 6.45) is -1.24. The van der Waals surface area contributed by atoms with E-state index in [2.05, 4.69) is 0 Å². The molecule has 0 aliphatic carbocycles. The molecule has 4 nitrogen and oxygen atoms in total. The van der Waals surface area contributed by atoms with Crippen LogP contribution >= 0.6 is 11.6 Å². The first-order valence-corrected chi connectivity index (χ1v) is 7.86. The van der Waals surface area contributed by atoms with E-state index in [-0.39, 0.29) is 0 Å². The highest BCUT2D eigenvalue weighted by Crippen LogP contribution is 2.28. The van der Waals surface area contributed by atoms with Crippen LogP contribution in [-0.4, -0.2) is 18.9 Å². The molecule has 23 heavy (non-hydrogen) atoms. The molecule has 0 amide bonds. The number of benzene rings is 2. The van der Waals surface area contributed by atoms with Gasteiger partial charge < -0.3 is 14.4 Å². The Balaban J connectivity index is 2.04. The predicted molar refractivity (Wildman–Crippen MR) is 92.2 cm³/mol. The Morgan fingerprint density at radius 3 is 2.48 bits per heavy atom. The molecule has 0 radical (unpaired) electrons. The number of halogens is 1. The number of para-hydroxylation sites is 2. The van der Waals surface area contributed by atoms with Crippen LogP contribution in [0.25, 0.3) is 0 Å². The molecule has 0 fully saturated rings. The van der Waals surface area contributed by atoms with Gasteiger partial charge in [-0.25, -0.2) is 4.79 Å². The standard InChI is InChI=1S/C18H20ClNO3/c1-4-20(15-10-6-5-7-11-15)14(3)22-18(21)23-17-13(2)9-8-12-16(17)19/h5-12,14H,4H2,1-3H3. The van der Waals surface area contributed by atoms with Crippen molar-refractivity contribution in [3.05, 3.63) is 59.1 Å². The Bertz CT molecular complexity index is 640. The fourth-order valence-electron chi connectivity index (χ4n) is 2.33. The highest BCUT2D eigenvalue weighted by molar-refractivity contribution is 6.32. The van der Waals surface area contributed by atoms with Crippen molar-refractivity contribution in [2.75, 3.05) is 11.4 Å².